The van der Waals surface area contributed by atoms with E-state index in [1.807, 2.05) is 11.8 Å². The Morgan fingerprint density at radius 1 is 1.00 bits per heavy atom. The minimum Gasteiger partial charge on any atom is -0.159 e. The quantitative estimate of drug-likeness (QED) is 0.608. The van der Waals surface area contributed by atoms with Crippen LogP contribution in [0.2, 0.25) is 0 Å². The standard InChI is InChI=1S/C8H16Cl2S/c1-3-7(9)5-11-6-8(10)4-2/h7-8H,3-6H2,1-2H3. The highest BCUT2D eigenvalue weighted by Gasteiger charge is 2.04. The number of hydrogen-bond donors (Lipinski definition) is 0. The lowest BCUT2D eigenvalue weighted by molar-refractivity contribution is 0.888. The molecule has 3 heteroatoms. The Bertz CT molecular complexity index is 78.2. The summed E-state index contributed by atoms with van der Waals surface area (Å²) in [5.41, 5.74) is 0. The van der Waals surface area contributed by atoms with Gasteiger partial charge in [0.2, 0.25) is 0 Å². The molecule has 11 heavy (non-hydrogen) atoms. The predicted molar refractivity (Wildman–Crippen MR) is 57.2 cm³/mol. The van der Waals surface area contributed by atoms with Crippen LogP contribution in [0, 0.1) is 0 Å². The molecule has 0 aliphatic carbocycles. The lowest BCUT2D eigenvalue weighted by Crippen LogP contribution is -2.05. The summed E-state index contributed by atoms with van der Waals surface area (Å²) in [5.74, 6) is 2.06. The minimum absolute atomic E-state index is 0.320. The second-order valence-electron chi connectivity index (χ2n) is 2.55. The molecule has 2 atom stereocenters. The lowest BCUT2D eigenvalue weighted by atomic mass is 10.4. The van der Waals surface area contributed by atoms with Gasteiger partial charge in [-0.3, -0.25) is 0 Å². The molecular weight excluding hydrogens is 199 g/mol. The molecule has 0 aromatic carbocycles. The maximum absolute atomic E-state index is 5.93. The largest absolute Gasteiger partial charge is 0.159 e. The van der Waals surface area contributed by atoms with Crippen molar-refractivity contribution in [1.29, 1.82) is 0 Å². The summed E-state index contributed by atoms with van der Waals surface area (Å²) in [6.45, 7) is 4.21. The first-order valence-corrected chi connectivity index (χ1v) is 6.09. The van der Waals surface area contributed by atoms with Crippen molar-refractivity contribution in [1.82, 2.24) is 0 Å². The molecule has 0 nitrogen and oxygen atoms in total. The first kappa shape index (κ1) is 11.9. The average Bonchev–Trinajstić information content (AvgIpc) is 2.04. The van der Waals surface area contributed by atoms with Crippen LogP contribution in [0.5, 0.6) is 0 Å². The first-order chi connectivity index (χ1) is 5.20. The summed E-state index contributed by atoms with van der Waals surface area (Å²) in [5, 5.41) is 0.640. The Hall–Kier alpha value is 0.930. The number of hydrogen-bond acceptors (Lipinski definition) is 1. The van der Waals surface area contributed by atoms with Gasteiger partial charge in [0.15, 0.2) is 0 Å². The van der Waals surface area contributed by atoms with E-state index < -0.39 is 0 Å². The number of alkyl halides is 2. The van der Waals surface area contributed by atoms with Crippen LogP contribution in [0.4, 0.5) is 0 Å². The highest BCUT2D eigenvalue weighted by molar-refractivity contribution is 7.99. The summed E-state index contributed by atoms with van der Waals surface area (Å²) < 4.78 is 0. The number of rotatable bonds is 6. The van der Waals surface area contributed by atoms with Gasteiger partial charge < -0.3 is 0 Å². The first-order valence-electron chi connectivity index (χ1n) is 4.06. The van der Waals surface area contributed by atoms with Crippen molar-refractivity contribution in [3.63, 3.8) is 0 Å². The average molecular weight is 215 g/mol. The lowest BCUT2D eigenvalue weighted by Gasteiger charge is -2.08. The molecule has 68 valence electrons. The third-order valence-corrected chi connectivity index (χ3v) is 4.05. The summed E-state index contributed by atoms with van der Waals surface area (Å²) in [6.07, 6.45) is 2.10. The summed E-state index contributed by atoms with van der Waals surface area (Å²) >= 11 is 13.7. The van der Waals surface area contributed by atoms with Crippen LogP contribution in [0.15, 0.2) is 0 Å². The zero-order valence-corrected chi connectivity index (χ0v) is 9.48. The smallest absolute Gasteiger partial charge is 0.0423 e. The SMILES string of the molecule is CCC(Cl)CSCC(Cl)CC. The fourth-order valence-electron chi connectivity index (χ4n) is 0.559. The monoisotopic (exact) mass is 214 g/mol. The van der Waals surface area contributed by atoms with Gasteiger partial charge in [0.1, 0.15) is 0 Å². The maximum Gasteiger partial charge on any atom is 0.0423 e. The molecule has 0 aromatic rings. The Morgan fingerprint density at radius 3 is 1.64 bits per heavy atom. The molecule has 0 bridgehead atoms. The number of thioether (sulfide) groups is 1. The molecule has 0 saturated carbocycles. The summed E-state index contributed by atoms with van der Waals surface area (Å²) in [4.78, 5) is 0. The van der Waals surface area contributed by atoms with E-state index in [0.717, 1.165) is 24.3 Å². The van der Waals surface area contributed by atoms with Crippen LogP contribution >= 0.6 is 35.0 Å². The van der Waals surface area contributed by atoms with E-state index in [9.17, 15) is 0 Å². The molecule has 0 spiro atoms. The molecule has 0 radical (unpaired) electrons. The van der Waals surface area contributed by atoms with Crippen molar-refractivity contribution in [2.75, 3.05) is 11.5 Å². The van der Waals surface area contributed by atoms with Gasteiger partial charge in [-0.1, -0.05) is 13.8 Å². The van der Waals surface area contributed by atoms with Crippen LogP contribution in [0.1, 0.15) is 26.7 Å². The van der Waals surface area contributed by atoms with E-state index in [2.05, 4.69) is 13.8 Å². The van der Waals surface area contributed by atoms with E-state index in [4.69, 9.17) is 23.2 Å². The Balaban J connectivity index is 3.13. The third kappa shape index (κ3) is 7.30. The van der Waals surface area contributed by atoms with E-state index >= 15 is 0 Å². The Labute approximate surface area is 84.0 Å². The Morgan fingerprint density at radius 2 is 1.36 bits per heavy atom. The van der Waals surface area contributed by atoms with Gasteiger partial charge in [0, 0.05) is 22.3 Å². The van der Waals surface area contributed by atoms with Crippen molar-refractivity contribution >= 4 is 35.0 Å². The molecule has 0 fully saturated rings. The van der Waals surface area contributed by atoms with E-state index in [-0.39, 0.29) is 0 Å². The highest BCUT2D eigenvalue weighted by atomic mass is 35.5. The topological polar surface area (TPSA) is 0 Å². The fraction of sp³-hybridized carbons (Fsp3) is 1.00. The predicted octanol–water partition coefficient (Wildman–Crippen LogP) is 3.75. The maximum atomic E-state index is 5.93. The molecule has 0 rings (SSSR count). The van der Waals surface area contributed by atoms with Crippen LogP contribution in [0.3, 0.4) is 0 Å². The van der Waals surface area contributed by atoms with Gasteiger partial charge >= 0.3 is 0 Å². The molecular formula is C8H16Cl2S. The number of halogens is 2. The van der Waals surface area contributed by atoms with Crippen molar-refractivity contribution in [2.24, 2.45) is 0 Å². The van der Waals surface area contributed by atoms with Gasteiger partial charge in [0.25, 0.3) is 0 Å². The van der Waals surface area contributed by atoms with E-state index in [1.54, 1.807) is 0 Å². The van der Waals surface area contributed by atoms with Gasteiger partial charge in [-0.25, -0.2) is 0 Å². The zero-order chi connectivity index (χ0) is 8.69. The van der Waals surface area contributed by atoms with E-state index in [0.29, 0.717) is 10.8 Å². The van der Waals surface area contributed by atoms with Crippen LogP contribution in [-0.4, -0.2) is 22.3 Å². The van der Waals surface area contributed by atoms with Gasteiger partial charge in [-0.05, 0) is 12.8 Å². The van der Waals surface area contributed by atoms with Crippen molar-refractivity contribution in [3.8, 4) is 0 Å². The third-order valence-electron chi connectivity index (χ3n) is 1.48. The van der Waals surface area contributed by atoms with Crippen molar-refractivity contribution in [2.45, 2.75) is 37.4 Å². The van der Waals surface area contributed by atoms with E-state index in [1.165, 1.54) is 0 Å². The minimum atomic E-state index is 0.320. The van der Waals surface area contributed by atoms with Crippen LogP contribution in [-0.2, 0) is 0 Å². The molecule has 2 unspecified atom stereocenters. The summed E-state index contributed by atoms with van der Waals surface area (Å²) in [7, 11) is 0. The molecule has 0 aromatic heterocycles. The highest BCUT2D eigenvalue weighted by Crippen LogP contribution is 2.15. The second kappa shape index (κ2) is 7.57. The van der Waals surface area contributed by atoms with Gasteiger partial charge in [0.05, 0.1) is 0 Å². The summed E-state index contributed by atoms with van der Waals surface area (Å²) in [6, 6.07) is 0. The second-order valence-corrected chi connectivity index (χ2v) is 4.86. The molecule has 0 aliphatic rings. The Kier molecular flexibility index (Phi) is 8.21. The van der Waals surface area contributed by atoms with Crippen LogP contribution < -0.4 is 0 Å². The van der Waals surface area contributed by atoms with Gasteiger partial charge in [-0.15, -0.1) is 23.2 Å². The molecule has 0 heterocycles. The fourth-order valence-corrected chi connectivity index (χ4v) is 2.21. The van der Waals surface area contributed by atoms with Gasteiger partial charge in [-0.2, -0.15) is 11.8 Å². The molecule has 0 saturated heterocycles. The van der Waals surface area contributed by atoms with Crippen molar-refractivity contribution in [3.05, 3.63) is 0 Å². The molecule has 0 amide bonds. The van der Waals surface area contributed by atoms with Crippen molar-refractivity contribution < 1.29 is 0 Å². The molecule has 0 aliphatic heterocycles. The normalized spacial score (nSPS) is 16.4. The molecule has 0 N–H and O–H groups in total. The zero-order valence-electron chi connectivity index (χ0n) is 7.15. The van der Waals surface area contributed by atoms with Crippen LogP contribution in [0.25, 0.3) is 0 Å².